The molecule has 2 aromatic rings. The highest BCUT2D eigenvalue weighted by Gasteiger charge is 2.35. The predicted molar refractivity (Wildman–Crippen MR) is 114 cm³/mol. The molecule has 30 heavy (non-hydrogen) atoms. The molecule has 1 aliphatic heterocycles. The summed E-state index contributed by atoms with van der Waals surface area (Å²) in [6, 6.07) is 11.0. The molecule has 0 unspecified atom stereocenters. The van der Waals surface area contributed by atoms with Crippen LogP contribution in [0.2, 0.25) is 0 Å². The molecule has 6 heteroatoms. The smallest absolute Gasteiger partial charge is 0.349 e. The summed E-state index contributed by atoms with van der Waals surface area (Å²) in [5, 5.41) is 3.03. The highest BCUT2D eigenvalue weighted by atomic mass is 19.4. The minimum atomic E-state index is -4.46. The summed E-state index contributed by atoms with van der Waals surface area (Å²) in [6.45, 7) is 7.54. The molecule has 1 heterocycles. The van der Waals surface area contributed by atoms with Gasteiger partial charge in [-0.05, 0) is 73.3 Å². The van der Waals surface area contributed by atoms with E-state index in [9.17, 15) is 18.0 Å². The summed E-state index contributed by atoms with van der Waals surface area (Å²) in [5.41, 5.74) is 0.620. The third-order valence-corrected chi connectivity index (χ3v) is 5.70. The van der Waals surface area contributed by atoms with Crippen molar-refractivity contribution in [2.45, 2.75) is 51.2 Å². The molecule has 1 N–H and O–H groups in total. The second kappa shape index (κ2) is 8.42. The number of alkyl halides is 3. The zero-order valence-electron chi connectivity index (χ0n) is 17.9. The number of carbonyl (C=O) groups excluding carboxylic acids is 1. The predicted octanol–water partition coefficient (Wildman–Crippen LogP) is 5.49. The van der Waals surface area contributed by atoms with Gasteiger partial charge in [0.25, 0.3) is 5.91 Å². The van der Waals surface area contributed by atoms with Crippen LogP contribution >= 0.6 is 0 Å². The van der Waals surface area contributed by atoms with Gasteiger partial charge in [0.2, 0.25) is 0 Å². The normalized spacial score (nSPS) is 16.5. The molecule has 0 spiro atoms. The quantitative estimate of drug-likeness (QED) is 0.715. The third kappa shape index (κ3) is 5.22. The van der Waals surface area contributed by atoms with E-state index in [4.69, 9.17) is 0 Å². The van der Waals surface area contributed by atoms with Crippen LogP contribution in [0, 0.1) is 0 Å². The van der Waals surface area contributed by atoms with Gasteiger partial charge in [0.15, 0.2) is 0 Å². The van der Waals surface area contributed by atoms with Gasteiger partial charge in [0.1, 0.15) is 0 Å². The maximum absolute atomic E-state index is 13.7. The standard InChI is InChI=1S/C24H29F3N2O/c1-23(2,3)18-9-10-20(21(15-18)24(25,26)27)16-5-7-17(8-6-16)22(30)28-19-11-13-29(4)14-12-19/h5-10,15,19H,11-14H2,1-4H3,(H,28,30). The monoisotopic (exact) mass is 418 g/mol. The van der Waals surface area contributed by atoms with Crippen LogP contribution in [0.5, 0.6) is 0 Å². The molecule has 3 nitrogen and oxygen atoms in total. The fraction of sp³-hybridized carbons (Fsp3) is 0.458. The molecule has 1 aliphatic rings. The van der Waals surface area contributed by atoms with E-state index in [0.29, 0.717) is 16.7 Å². The fourth-order valence-electron chi connectivity index (χ4n) is 3.72. The van der Waals surface area contributed by atoms with Gasteiger partial charge in [0, 0.05) is 11.6 Å². The largest absolute Gasteiger partial charge is 0.417 e. The first kappa shape index (κ1) is 22.3. The third-order valence-electron chi connectivity index (χ3n) is 5.70. The molecular formula is C24H29F3N2O. The van der Waals surface area contributed by atoms with Crippen molar-refractivity contribution in [3.05, 3.63) is 59.2 Å². The lowest BCUT2D eigenvalue weighted by Gasteiger charge is -2.29. The van der Waals surface area contributed by atoms with Gasteiger partial charge in [-0.25, -0.2) is 0 Å². The van der Waals surface area contributed by atoms with Crippen molar-refractivity contribution in [1.82, 2.24) is 10.2 Å². The number of halogens is 3. The number of nitrogens with one attached hydrogen (secondary N) is 1. The van der Waals surface area contributed by atoms with Crippen LogP contribution in [0.1, 0.15) is 55.1 Å². The summed E-state index contributed by atoms with van der Waals surface area (Å²) in [6.07, 6.45) is -2.66. The number of likely N-dealkylation sites (tertiary alicyclic amines) is 1. The van der Waals surface area contributed by atoms with Crippen LogP contribution in [-0.2, 0) is 11.6 Å². The Kier molecular flexibility index (Phi) is 6.27. The van der Waals surface area contributed by atoms with E-state index in [1.54, 1.807) is 30.3 Å². The van der Waals surface area contributed by atoms with Crippen molar-refractivity contribution >= 4 is 5.91 Å². The zero-order chi connectivity index (χ0) is 22.1. The molecule has 3 rings (SSSR count). The summed E-state index contributed by atoms with van der Waals surface area (Å²) in [4.78, 5) is 14.7. The molecule has 1 saturated heterocycles. The Morgan fingerprint density at radius 2 is 1.60 bits per heavy atom. The number of amides is 1. The van der Waals surface area contributed by atoms with E-state index in [2.05, 4.69) is 17.3 Å². The maximum Gasteiger partial charge on any atom is 0.417 e. The van der Waals surface area contributed by atoms with E-state index in [1.807, 2.05) is 20.8 Å². The van der Waals surface area contributed by atoms with Crippen molar-refractivity contribution in [1.29, 1.82) is 0 Å². The lowest BCUT2D eigenvalue weighted by atomic mass is 9.84. The first-order chi connectivity index (χ1) is 13.9. The average molecular weight is 419 g/mol. The van der Waals surface area contributed by atoms with Gasteiger partial charge in [0.05, 0.1) is 5.56 Å². The highest BCUT2D eigenvalue weighted by molar-refractivity contribution is 5.95. The number of nitrogens with zero attached hydrogens (tertiary/aromatic N) is 1. The maximum atomic E-state index is 13.7. The Morgan fingerprint density at radius 3 is 2.13 bits per heavy atom. The highest BCUT2D eigenvalue weighted by Crippen LogP contribution is 2.39. The number of hydrogen-bond acceptors (Lipinski definition) is 2. The summed E-state index contributed by atoms with van der Waals surface area (Å²) in [7, 11) is 2.06. The average Bonchev–Trinajstić information content (AvgIpc) is 2.68. The lowest BCUT2D eigenvalue weighted by Crippen LogP contribution is -2.43. The number of benzene rings is 2. The first-order valence-electron chi connectivity index (χ1n) is 10.3. The Hall–Kier alpha value is -2.34. The lowest BCUT2D eigenvalue weighted by molar-refractivity contribution is -0.137. The van der Waals surface area contributed by atoms with Gasteiger partial charge in [-0.1, -0.05) is 45.0 Å². The minimum Gasteiger partial charge on any atom is -0.349 e. The Balaban J connectivity index is 1.83. The molecule has 0 aliphatic carbocycles. The Bertz CT molecular complexity index is 890. The Morgan fingerprint density at radius 1 is 1.00 bits per heavy atom. The number of piperidine rings is 1. The van der Waals surface area contributed by atoms with E-state index in [0.717, 1.165) is 25.9 Å². The summed E-state index contributed by atoms with van der Waals surface area (Å²) in [5.74, 6) is -0.185. The zero-order valence-corrected chi connectivity index (χ0v) is 17.9. The summed E-state index contributed by atoms with van der Waals surface area (Å²) < 4.78 is 41.2. The van der Waals surface area contributed by atoms with E-state index >= 15 is 0 Å². The topological polar surface area (TPSA) is 32.3 Å². The molecule has 0 saturated carbocycles. The van der Waals surface area contributed by atoms with Crippen LogP contribution in [0.25, 0.3) is 11.1 Å². The van der Waals surface area contributed by atoms with Crippen LogP contribution in [-0.4, -0.2) is 37.0 Å². The number of hydrogen-bond donors (Lipinski definition) is 1. The van der Waals surface area contributed by atoms with Crippen LogP contribution in [0.3, 0.4) is 0 Å². The number of rotatable bonds is 3. The van der Waals surface area contributed by atoms with Crippen LogP contribution in [0.15, 0.2) is 42.5 Å². The minimum absolute atomic E-state index is 0.123. The molecule has 1 amide bonds. The molecular weight excluding hydrogens is 389 g/mol. The van der Waals surface area contributed by atoms with Crippen molar-refractivity contribution in [3.63, 3.8) is 0 Å². The van der Waals surface area contributed by atoms with E-state index < -0.39 is 11.7 Å². The summed E-state index contributed by atoms with van der Waals surface area (Å²) >= 11 is 0. The van der Waals surface area contributed by atoms with Crippen molar-refractivity contribution in [2.24, 2.45) is 0 Å². The van der Waals surface area contributed by atoms with Crippen LogP contribution < -0.4 is 5.32 Å². The SMILES string of the molecule is CN1CCC(NC(=O)c2ccc(-c3ccc(C(C)(C)C)cc3C(F)(F)F)cc2)CC1. The molecule has 1 fully saturated rings. The van der Waals surface area contributed by atoms with Gasteiger partial charge < -0.3 is 10.2 Å². The Labute approximate surface area is 176 Å². The van der Waals surface area contributed by atoms with Gasteiger partial charge in [-0.15, -0.1) is 0 Å². The van der Waals surface area contributed by atoms with Gasteiger partial charge in [-0.3, -0.25) is 4.79 Å². The van der Waals surface area contributed by atoms with E-state index in [1.165, 1.54) is 12.1 Å². The van der Waals surface area contributed by atoms with Gasteiger partial charge in [-0.2, -0.15) is 13.2 Å². The number of carbonyl (C=O) groups is 1. The molecule has 2 aromatic carbocycles. The molecule has 0 aromatic heterocycles. The van der Waals surface area contributed by atoms with Crippen molar-refractivity contribution in [2.75, 3.05) is 20.1 Å². The van der Waals surface area contributed by atoms with Crippen LogP contribution in [0.4, 0.5) is 13.2 Å². The molecule has 0 atom stereocenters. The van der Waals surface area contributed by atoms with Crippen molar-refractivity contribution in [3.8, 4) is 11.1 Å². The molecule has 162 valence electrons. The fourth-order valence-corrected chi connectivity index (χ4v) is 3.72. The first-order valence-corrected chi connectivity index (χ1v) is 10.3. The molecule has 0 bridgehead atoms. The van der Waals surface area contributed by atoms with Gasteiger partial charge >= 0.3 is 6.18 Å². The molecule has 0 radical (unpaired) electrons. The van der Waals surface area contributed by atoms with Crippen molar-refractivity contribution < 1.29 is 18.0 Å². The second-order valence-corrected chi connectivity index (χ2v) is 9.14. The van der Waals surface area contributed by atoms with E-state index in [-0.39, 0.29) is 22.9 Å². The second-order valence-electron chi connectivity index (χ2n) is 9.14.